The van der Waals surface area contributed by atoms with Crippen molar-refractivity contribution >= 4 is 63.3 Å². The summed E-state index contributed by atoms with van der Waals surface area (Å²) >= 11 is 10.7. The molecule has 4 aromatic rings. The summed E-state index contributed by atoms with van der Waals surface area (Å²) in [5, 5.41) is 16.0. The third kappa shape index (κ3) is 3.42. The Morgan fingerprint density at radius 2 is 1.90 bits per heavy atom. The molecule has 1 aliphatic heterocycles. The molecule has 0 spiro atoms. The number of benzene rings is 2. The molecule has 2 aromatic carbocycles. The summed E-state index contributed by atoms with van der Waals surface area (Å²) in [4.78, 5) is 18.3. The number of carbonyl (C=O) groups is 1. The van der Waals surface area contributed by atoms with Crippen LogP contribution in [0.2, 0.25) is 5.02 Å². The summed E-state index contributed by atoms with van der Waals surface area (Å²) in [6.45, 7) is -0.0222. The molecule has 0 fully saturated rings. The number of rotatable bonds is 3. The topological polar surface area (TPSA) is 62.0 Å². The normalized spacial score (nSPS) is 12.5. The number of nitrogens with zero attached hydrogens (tertiary/aromatic N) is 3. The van der Waals surface area contributed by atoms with Crippen molar-refractivity contribution in [3.8, 4) is 9.88 Å². The zero-order valence-electron chi connectivity index (χ0n) is 14.8. The molecule has 0 bridgehead atoms. The lowest BCUT2D eigenvalue weighted by molar-refractivity contribution is -0.118. The monoisotopic (exact) mass is 456 g/mol. The van der Waals surface area contributed by atoms with Crippen LogP contribution < -0.4 is 9.70 Å². The van der Waals surface area contributed by atoms with Gasteiger partial charge in [-0.15, -0.1) is 11.3 Å². The van der Waals surface area contributed by atoms with E-state index in [9.17, 15) is 4.79 Å². The predicted molar refractivity (Wildman–Crippen MR) is 118 cm³/mol. The van der Waals surface area contributed by atoms with E-state index in [-0.39, 0.29) is 17.3 Å². The number of amides is 1. The van der Waals surface area contributed by atoms with Gasteiger partial charge < -0.3 is 0 Å². The number of thiophene rings is 1. The quantitative estimate of drug-likeness (QED) is 0.434. The average Bonchev–Trinajstić information content (AvgIpc) is 3.36. The molecule has 29 heavy (non-hydrogen) atoms. The Morgan fingerprint density at radius 3 is 2.72 bits per heavy atom. The highest BCUT2D eigenvalue weighted by molar-refractivity contribution is 7.99. The molecule has 1 aliphatic rings. The van der Waals surface area contributed by atoms with Crippen LogP contribution in [0, 0.1) is 5.41 Å². The van der Waals surface area contributed by atoms with E-state index in [1.165, 1.54) is 16.0 Å². The molecule has 0 atom stereocenters. The zero-order chi connectivity index (χ0) is 20.0. The van der Waals surface area contributed by atoms with Gasteiger partial charge in [-0.05, 0) is 41.8 Å². The van der Waals surface area contributed by atoms with E-state index in [2.05, 4.69) is 5.10 Å². The molecule has 9 heteroatoms. The maximum atomic E-state index is 13.4. The first-order chi connectivity index (χ1) is 14.1. The van der Waals surface area contributed by atoms with Gasteiger partial charge in [-0.25, -0.2) is 4.68 Å². The van der Waals surface area contributed by atoms with Gasteiger partial charge in [0, 0.05) is 14.8 Å². The lowest BCUT2D eigenvalue weighted by atomic mass is 10.2. The van der Waals surface area contributed by atoms with Crippen LogP contribution in [0.15, 0.2) is 69.8 Å². The number of hydrogen-bond acceptors (Lipinski definition) is 6. The summed E-state index contributed by atoms with van der Waals surface area (Å²) in [7, 11) is 0. The average molecular weight is 457 g/mol. The number of aromatic nitrogens is 2. The van der Waals surface area contributed by atoms with E-state index in [0.29, 0.717) is 5.02 Å². The second kappa shape index (κ2) is 7.46. The van der Waals surface area contributed by atoms with Gasteiger partial charge >= 0.3 is 0 Å². The second-order valence-electron chi connectivity index (χ2n) is 6.26. The maximum absolute atomic E-state index is 13.4. The Labute approximate surface area is 183 Å². The molecular weight excluding hydrogens is 444 g/mol. The van der Waals surface area contributed by atoms with Gasteiger partial charge in [-0.1, -0.05) is 52.9 Å². The SMILES string of the molecule is N=c1sc(-c2cccs2)nn1CC(=O)N1c2ccccc2Sc2ccc(Cl)cc21. The van der Waals surface area contributed by atoms with Gasteiger partial charge in [-0.2, -0.15) is 5.10 Å². The molecule has 2 aromatic heterocycles. The van der Waals surface area contributed by atoms with E-state index in [4.69, 9.17) is 17.0 Å². The third-order valence-electron chi connectivity index (χ3n) is 4.39. The predicted octanol–water partition coefficient (Wildman–Crippen LogP) is 5.64. The fraction of sp³-hybridized carbons (Fsp3) is 0.0500. The largest absolute Gasteiger partial charge is 0.277 e. The van der Waals surface area contributed by atoms with Crippen LogP contribution in [-0.4, -0.2) is 15.7 Å². The molecule has 5 rings (SSSR count). The van der Waals surface area contributed by atoms with Gasteiger partial charge in [0.25, 0.3) is 5.91 Å². The number of carbonyl (C=O) groups excluding carboxylic acids is 1. The summed E-state index contributed by atoms with van der Waals surface area (Å²) in [6, 6.07) is 17.3. The lowest BCUT2D eigenvalue weighted by Crippen LogP contribution is -2.34. The minimum atomic E-state index is -0.164. The molecule has 0 unspecified atom stereocenters. The fourth-order valence-corrected chi connectivity index (χ4v) is 5.90. The first-order valence-corrected chi connectivity index (χ1v) is 11.5. The van der Waals surface area contributed by atoms with E-state index >= 15 is 0 Å². The number of halogens is 1. The Kier molecular flexibility index (Phi) is 4.79. The Morgan fingerprint density at radius 1 is 1.07 bits per heavy atom. The van der Waals surface area contributed by atoms with E-state index in [1.54, 1.807) is 28.0 Å². The van der Waals surface area contributed by atoms with Crippen molar-refractivity contribution in [1.82, 2.24) is 9.78 Å². The van der Waals surface area contributed by atoms with E-state index in [0.717, 1.165) is 31.1 Å². The Balaban J connectivity index is 1.54. The minimum absolute atomic E-state index is 0.0222. The third-order valence-corrected chi connectivity index (χ3v) is 7.66. The van der Waals surface area contributed by atoms with Crippen molar-refractivity contribution in [3.63, 3.8) is 0 Å². The van der Waals surface area contributed by atoms with Crippen LogP contribution in [0.5, 0.6) is 0 Å². The lowest BCUT2D eigenvalue weighted by Gasteiger charge is -2.31. The number of fused-ring (bicyclic) bond motifs is 2. The molecule has 0 saturated heterocycles. The molecule has 5 nitrogen and oxygen atoms in total. The van der Waals surface area contributed by atoms with Crippen LogP contribution in [0.4, 0.5) is 11.4 Å². The Hall–Kier alpha value is -2.39. The van der Waals surface area contributed by atoms with Crippen molar-refractivity contribution in [3.05, 3.63) is 69.8 Å². The van der Waals surface area contributed by atoms with Crippen molar-refractivity contribution in [2.24, 2.45) is 0 Å². The van der Waals surface area contributed by atoms with Crippen LogP contribution in [0.25, 0.3) is 9.88 Å². The highest BCUT2D eigenvalue weighted by Gasteiger charge is 2.29. The van der Waals surface area contributed by atoms with E-state index < -0.39 is 0 Å². The maximum Gasteiger partial charge on any atom is 0.253 e. The summed E-state index contributed by atoms with van der Waals surface area (Å²) in [5.41, 5.74) is 1.57. The molecule has 1 amide bonds. The van der Waals surface area contributed by atoms with Gasteiger partial charge in [0.15, 0.2) is 5.01 Å². The molecule has 0 saturated carbocycles. The molecule has 1 N–H and O–H groups in total. The molecule has 0 radical (unpaired) electrons. The number of para-hydroxylation sites is 1. The molecule has 0 aliphatic carbocycles. The van der Waals surface area contributed by atoms with Gasteiger partial charge in [0.1, 0.15) is 6.54 Å². The standard InChI is InChI=1S/C20H13ClN4OS3/c21-12-7-8-16-14(10-12)25(13-4-1-2-5-15(13)28-16)18(26)11-24-20(22)29-19(23-24)17-6-3-9-27-17/h1-10,22H,11H2. The van der Waals surface area contributed by atoms with Crippen molar-refractivity contribution in [1.29, 1.82) is 5.41 Å². The summed E-state index contributed by atoms with van der Waals surface area (Å²) < 4.78 is 1.45. The highest BCUT2D eigenvalue weighted by atomic mass is 35.5. The van der Waals surface area contributed by atoms with Crippen molar-refractivity contribution in [2.75, 3.05) is 4.90 Å². The number of anilines is 2. The van der Waals surface area contributed by atoms with Crippen LogP contribution in [-0.2, 0) is 11.3 Å². The van der Waals surface area contributed by atoms with Crippen molar-refractivity contribution < 1.29 is 4.79 Å². The summed E-state index contributed by atoms with van der Waals surface area (Å²) in [5.74, 6) is -0.164. The van der Waals surface area contributed by atoms with Gasteiger partial charge in [-0.3, -0.25) is 15.1 Å². The van der Waals surface area contributed by atoms with Crippen LogP contribution >= 0.6 is 46.0 Å². The second-order valence-corrected chi connectivity index (χ2v) is 9.70. The molecule has 3 heterocycles. The molecular formula is C20H13ClN4OS3. The van der Waals surface area contributed by atoms with E-state index in [1.807, 2.05) is 60.0 Å². The van der Waals surface area contributed by atoms with Crippen LogP contribution in [0.1, 0.15) is 0 Å². The zero-order valence-corrected chi connectivity index (χ0v) is 18.0. The molecule has 144 valence electrons. The van der Waals surface area contributed by atoms with Crippen molar-refractivity contribution in [2.45, 2.75) is 16.3 Å². The van der Waals surface area contributed by atoms with Gasteiger partial charge in [0.05, 0.1) is 16.3 Å². The minimum Gasteiger partial charge on any atom is -0.277 e. The Bertz CT molecular complexity index is 1280. The number of hydrogen-bond donors (Lipinski definition) is 1. The summed E-state index contributed by atoms with van der Waals surface area (Å²) in [6.07, 6.45) is 0. The smallest absolute Gasteiger partial charge is 0.253 e. The first-order valence-electron chi connectivity index (χ1n) is 8.66. The van der Waals surface area contributed by atoms with Gasteiger partial charge in [0.2, 0.25) is 4.80 Å². The fourth-order valence-electron chi connectivity index (χ4n) is 3.12. The first kappa shape index (κ1) is 18.6. The number of nitrogens with one attached hydrogen (secondary N) is 1. The highest BCUT2D eigenvalue weighted by Crippen LogP contribution is 2.48. The van der Waals surface area contributed by atoms with Crippen LogP contribution in [0.3, 0.4) is 0 Å².